The molecule has 0 aliphatic heterocycles. The number of para-hydroxylation sites is 1. The van der Waals surface area contributed by atoms with Gasteiger partial charge in [0.2, 0.25) is 0 Å². The van der Waals surface area contributed by atoms with Crippen LogP contribution < -0.4 is 0 Å². The summed E-state index contributed by atoms with van der Waals surface area (Å²) in [4.78, 5) is 4.15. The minimum Gasteiger partial charge on any atom is -0.388 e. The first kappa shape index (κ1) is 13.8. The first-order valence-corrected chi connectivity index (χ1v) is 6.06. The maximum Gasteiger partial charge on any atom is 0.389 e. The van der Waals surface area contributed by atoms with Crippen molar-refractivity contribution in [2.45, 2.75) is 31.5 Å². The van der Waals surface area contributed by atoms with Crippen molar-refractivity contribution in [3.8, 4) is 0 Å². The number of aliphatic hydroxyl groups is 1. The molecule has 19 heavy (non-hydrogen) atoms. The van der Waals surface area contributed by atoms with Crippen molar-refractivity contribution in [2.75, 3.05) is 0 Å². The fourth-order valence-corrected chi connectivity index (χ4v) is 2.06. The zero-order valence-electron chi connectivity index (χ0n) is 10.2. The Morgan fingerprint density at radius 2 is 1.89 bits per heavy atom. The monoisotopic (exact) mass is 269 g/mol. The largest absolute Gasteiger partial charge is 0.389 e. The van der Waals surface area contributed by atoms with E-state index in [0.717, 1.165) is 10.9 Å². The summed E-state index contributed by atoms with van der Waals surface area (Å²) in [5, 5.41) is 10.8. The third-order valence-electron chi connectivity index (χ3n) is 2.98. The first-order valence-electron chi connectivity index (χ1n) is 6.06. The normalized spacial score (nSPS) is 13.7. The highest BCUT2D eigenvalue weighted by Gasteiger charge is 2.26. The van der Waals surface area contributed by atoms with Gasteiger partial charge in [-0.2, -0.15) is 13.2 Å². The van der Waals surface area contributed by atoms with Crippen molar-refractivity contribution in [3.05, 3.63) is 42.1 Å². The summed E-state index contributed by atoms with van der Waals surface area (Å²) >= 11 is 0. The van der Waals surface area contributed by atoms with E-state index >= 15 is 0 Å². The lowest BCUT2D eigenvalue weighted by molar-refractivity contribution is -0.136. The number of hydrogen-bond donors (Lipinski definition) is 1. The molecule has 102 valence electrons. The van der Waals surface area contributed by atoms with Crippen LogP contribution in [0.2, 0.25) is 0 Å². The number of nitrogens with zero attached hydrogens (tertiary/aromatic N) is 1. The Labute approximate surface area is 108 Å². The quantitative estimate of drug-likeness (QED) is 0.910. The molecule has 0 saturated carbocycles. The van der Waals surface area contributed by atoms with Crippen LogP contribution in [0.4, 0.5) is 13.2 Å². The summed E-state index contributed by atoms with van der Waals surface area (Å²) in [5.41, 5.74) is 1.36. The smallest absolute Gasteiger partial charge is 0.388 e. The maximum atomic E-state index is 12.1. The van der Waals surface area contributed by atoms with E-state index in [1.54, 1.807) is 18.3 Å². The number of aromatic nitrogens is 1. The molecule has 1 N–H and O–H groups in total. The van der Waals surface area contributed by atoms with Crippen LogP contribution in [0.3, 0.4) is 0 Å². The SMILES string of the molecule is OC(CCCC(F)(F)F)c1ccnc2ccccc12. The van der Waals surface area contributed by atoms with Gasteiger partial charge in [-0.25, -0.2) is 0 Å². The van der Waals surface area contributed by atoms with Gasteiger partial charge in [0, 0.05) is 18.0 Å². The molecule has 0 aliphatic rings. The number of alkyl halides is 3. The second-order valence-electron chi connectivity index (χ2n) is 4.44. The van der Waals surface area contributed by atoms with E-state index in [9.17, 15) is 18.3 Å². The van der Waals surface area contributed by atoms with Crippen LogP contribution >= 0.6 is 0 Å². The van der Waals surface area contributed by atoms with Gasteiger partial charge in [-0.15, -0.1) is 0 Å². The number of rotatable bonds is 4. The fourth-order valence-electron chi connectivity index (χ4n) is 2.06. The van der Waals surface area contributed by atoms with Gasteiger partial charge in [0.05, 0.1) is 11.6 Å². The van der Waals surface area contributed by atoms with Crippen molar-refractivity contribution in [3.63, 3.8) is 0 Å². The first-order chi connectivity index (χ1) is 8.97. The van der Waals surface area contributed by atoms with Gasteiger partial charge in [0.25, 0.3) is 0 Å². The van der Waals surface area contributed by atoms with Gasteiger partial charge < -0.3 is 5.11 Å². The van der Waals surface area contributed by atoms with Crippen molar-refractivity contribution in [1.82, 2.24) is 4.98 Å². The Morgan fingerprint density at radius 1 is 1.16 bits per heavy atom. The standard InChI is InChI=1S/C14H14F3NO/c15-14(16,17)8-3-6-13(19)11-7-9-18-12-5-2-1-4-10(11)12/h1-2,4-5,7,9,13,19H,3,6,8H2. The highest BCUT2D eigenvalue weighted by atomic mass is 19.4. The molecule has 0 amide bonds. The van der Waals surface area contributed by atoms with Gasteiger partial charge in [-0.05, 0) is 30.5 Å². The minimum absolute atomic E-state index is 0.0820. The Morgan fingerprint density at radius 3 is 2.63 bits per heavy atom. The second-order valence-corrected chi connectivity index (χ2v) is 4.44. The molecule has 2 rings (SSSR count). The van der Waals surface area contributed by atoms with Crippen molar-refractivity contribution < 1.29 is 18.3 Å². The van der Waals surface area contributed by atoms with Gasteiger partial charge in [-0.3, -0.25) is 4.98 Å². The topological polar surface area (TPSA) is 33.1 Å². The predicted octanol–water partition coefficient (Wildman–Crippen LogP) is 4.00. The summed E-state index contributed by atoms with van der Waals surface area (Å²) < 4.78 is 36.2. The van der Waals surface area contributed by atoms with Gasteiger partial charge >= 0.3 is 6.18 Å². The third kappa shape index (κ3) is 3.67. The Balaban J connectivity index is 2.11. The zero-order chi connectivity index (χ0) is 13.9. The van der Waals surface area contributed by atoms with E-state index in [0.29, 0.717) is 5.56 Å². The number of fused-ring (bicyclic) bond motifs is 1. The molecule has 2 aromatic rings. The minimum atomic E-state index is -4.17. The predicted molar refractivity (Wildman–Crippen MR) is 66.6 cm³/mol. The Hall–Kier alpha value is -1.62. The van der Waals surface area contributed by atoms with Gasteiger partial charge in [-0.1, -0.05) is 18.2 Å². The molecule has 0 aliphatic carbocycles. The van der Waals surface area contributed by atoms with Crippen LogP contribution in [0, 0.1) is 0 Å². The molecule has 1 aromatic carbocycles. The number of benzene rings is 1. The number of pyridine rings is 1. The van der Waals surface area contributed by atoms with E-state index in [1.807, 2.05) is 18.2 Å². The molecule has 0 fully saturated rings. The summed E-state index contributed by atoms with van der Waals surface area (Å²) in [6.07, 6.45) is -4.36. The molecule has 0 saturated heterocycles. The van der Waals surface area contributed by atoms with Crippen molar-refractivity contribution >= 4 is 10.9 Å². The summed E-state index contributed by atoms with van der Waals surface area (Å²) in [6.45, 7) is 0. The van der Waals surface area contributed by atoms with E-state index in [1.165, 1.54) is 0 Å². The lowest BCUT2D eigenvalue weighted by Crippen LogP contribution is -2.08. The van der Waals surface area contributed by atoms with Gasteiger partial charge in [0.15, 0.2) is 0 Å². The molecule has 0 radical (unpaired) electrons. The van der Waals surface area contributed by atoms with Crippen LogP contribution in [-0.4, -0.2) is 16.3 Å². The number of halogens is 3. The number of hydrogen-bond acceptors (Lipinski definition) is 2. The summed E-state index contributed by atoms with van der Waals surface area (Å²) in [7, 11) is 0. The third-order valence-corrected chi connectivity index (χ3v) is 2.98. The molecule has 1 atom stereocenters. The van der Waals surface area contributed by atoms with Crippen LogP contribution in [0.5, 0.6) is 0 Å². The average Bonchev–Trinajstić information content (AvgIpc) is 2.36. The molecule has 0 bridgehead atoms. The highest BCUT2D eigenvalue weighted by molar-refractivity contribution is 5.82. The van der Waals surface area contributed by atoms with Gasteiger partial charge in [0.1, 0.15) is 0 Å². The van der Waals surface area contributed by atoms with E-state index in [-0.39, 0.29) is 12.8 Å². The lowest BCUT2D eigenvalue weighted by Gasteiger charge is -2.14. The van der Waals surface area contributed by atoms with Crippen molar-refractivity contribution in [2.24, 2.45) is 0 Å². The fraction of sp³-hybridized carbons (Fsp3) is 0.357. The zero-order valence-corrected chi connectivity index (χ0v) is 10.2. The molecule has 1 aromatic heterocycles. The van der Waals surface area contributed by atoms with E-state index in [2.05, 4.69) is 4.98 Å². The summed E-state index contributed by atoms with van der Waals surface area (Å²) in [5.74, 6) is 0. The molecular weight excluding hydrogens is 255 g/mol. The van der Waals surface area contributed by atoms with E-state index < -0.39 is 18.7 Å². The molecule has 0 spiro atoms. The number of aliphatic hydroxyl groups excluding tert-OH is 1. The lowest BCUT2D eigenvalue weighted by atomic mass is 10.00. The molecular formula is C14H14F3NO. The molecule has 5 heteroatoms. The Kier molecular flexibility index (Phi) is 4.04. The molecule has 2 nitrogen and oxygen atoms in total. The van der Waals surface area contributed by atoms with Crippen molar-refractivity contribution in [1.29, 1.82) is 0 Å². The molecule has 1 unspecified atom stereocenters. The average molecular weight is 269 g/mol. The van der Waals surface area contributed by atoms with Crippen LogP contribution in [0.15, 0.2) is 36.5 Å². The van der Waals surface area contributed by atoms with Crippen LogP contribution in [0.1, 0.15) is 30.9 Å². The Bertz CT molecular complexity index is 548. The molecule has 1 heterocycles. The highest BCUT2D eigenvalue weighted by Crippen LogP contribution is 2.29. The second kappa shape index (κ2) is 5.57. The van der Waals surface area contributed by atoms with Crippen LogP contribution in [0.25, 0.3) is 10.9 Å². The van der Waals surface area contributed by atoms with Crippen LogP contribution in [-0.2, 0) is 0 Å². The van der Waals surface area contributed by atoms with E-state index in [4.69, 9.17) is 0 Å². The maximum absolute atomic E-state index is 12.1. The summed E-state index contributed by atoms with van der Waals surface area (Å²) in [6, 6.07) is 8.91.